The van der Waals surface area contributed by atoms with Gasteiger partial charge in [-0.3, -0.25) is 9.69 Å². The third-order valence-electron chi connectivity index (χ3n) is 3.99. The smallest absolute Gasteiger partial charge is 0.325 e. The molecule has 1 saturated heterocycles. The number of aryl methyl sites for hydroxylation is 1. The molecule has 0 saturated carbocycles. The Morgan fingerprint density at radius 2 is 2.08 bits per heavy atom. The van der Waals surface area contributed by atoms with Gasteiger partial charge in [0.25, 0.3) is 12.3 Å². The van der Waals surface area contributed by atoms with Crippen molar-refractivity contribution in [2.75, 3.05) is 7.11 Å². The van der Waals surface area contributed by atoms with Crippen LogP contribution in [-0.4, -0.2) is 38.9 Å². The van der Waals surface area contributed by atoms with Gasteiger partial charge >= 0.3 is 6.03 Å². The molecule has 1 aromatic carbocycles. The Morgan fingerprint density at radius 1 is 1.35 bits per heavy atom. The largest absolute Gasteiger partial charge is 0.494 e. The lowest BCUT2D eigenvalue weighted by molar-refractivity contribution is -0.128. The Morgan fingerprint density at radius 3 is 2.69 bits per heavy atom. The van der Waals surface area contributed by atoms with Gasteiger partial charge in [-0.1, -0.05) is 11.3 Å². The predicted octanol–water partition coefficient (Wildman–Crippen LogP) is 1.69. The van der Waals surface area contributed by atoms with E-state index in [-0.39, 0.29) is 17.0 Å². The van der Waals surface area contributed by atoms with E-state index in [0.29, 0.717) is 0 Å². The number of imide groups is 1. The minimum atomic E-state index is -2.86. The van der Waals surface area contributed by atoms with E-state index in [9.17, 15) is 22.8 Å². The molecule has 0 bridgehead atoms. The van der Waals surface area contributed by atoms with Crippen LogP contribution in [0, 0.1) is 5.82 Å². The molecule has 1 N–H and O–H groups in total. The van der Waals surface area contributed by atoms with Crippen LogP contribution in [0.4, 0.5) is 18.0 Å². The highest BCUT2D eigenvalue weighted by Gasteiger charge is 2.40. The summed E-state index contributed by atoms with van der Waals surface area (Å²) in [6.45, 7) is -0.465. The fourth-order valence-electron chi connectivity index (χ4n) is 2.69. The van der Waals surface area contributed by atoms with Crippen molar-refractivity contribution in [2.45, 2.75) is 19.0 Å². The molecular formula is C15H14F3N5O3. The summed E-state index contributed by atoms with van der Waals surface area (Å²) in [6, 6.07) is 1.90. The lowest BCUT2D eigenvalue weighted by Gasteiger charge is -2.13. The van der Waals surface area contributed by atoms with Crippen molar-refractivity contribution >= 4 is 11.9 Å². The van der Waals surface area contributed by atoms with Crippen LogP contribution in [0.2, 0.25) is 0 Å². The fraction of sp³-hybridized carbons (Fsp3) is 0.333. The molecule has 138 valence electrons. The molecule has 1 aliphatic heterocycles. The van der Waals surface area contributed by atoms with Crippen molar-refractivity contribution < 1.29 is 27.5 Å². The maximum atomic E-state index is 13.8. The number of ether oxygens (including phenoxy) is 1. The molecule has 0 spiro atoms. The van der Waals surface area contributed by atoms with Crippen LogP contribution in [0.5, 0.6) is 5.75 Å². The molecule has 0 radical (unpaired) electrons. The van der Waals surface area contributed by atoms with Gasteiger partial charge in [-0.15, -0.1) is 5.10 Å². The quantitative estimate of drug-likeness (QED) is 0.811. The van der Waals surface area contributed by atoms with E-state index in [1.807, 2.05) is 0 Å². The summed E-state index contributed by atoms with van der Waals surface area (Å²) in [5.41, 5.74) is -0.463. The summed E-state index contributed by atoms with van der Waals surface area (Å²) >= 11 is 0. The number of hydrogen-bond acceptors (Lipinski definition) is 5. The van der Waals surface area contributed by atoms with Crippen LogP contribution in [0.25, 0.3) is 0 Å². The fourth-order valence-corrected chi connectivity index (χ4v) is 2.69. The van der Waals surface area contributed by atoms with E-state index >= 15 is 0 Å². The van der Waals surface area contributed by atoms with Gasteiger partial charge in [0.15, 0.2) is 11.6 Å². The van der Waals surface area contributed by atoms with E-state index < -0.39 is 42.5 Å². The number of halogens is 3. The minimum Gasteiger partial charge on any atom is -0.494 e. The summed E-state index contributed by atoms with van der Waals surface area (Å²) in [6.07, 6.45) is -2.86. The van der Waals surface area contributed by atoms with Gasteiger partial charge in [-0.2, -0.15) is 0 Å². The first-order valence-corrected chi connectivity index (χ1v) is 7.45. The molecule has 11 heteroatoms. The van der Waals surface area contributed by atoms with Crippen molar-refractivity contribution in [3.8, 4) is 5.75 Å². The highest BCUT2D eigenvalue weighted by atomic mass is 19.3. The van der Waals surface area contributed by atoms with Crippen LogP contribution in [0.15, 0.2) is 18.2 Å². The van der Waals surface area contributed by atoms with Gasteiger partial charge < -0.3 is 10.1 Å². The molecule has 2 heterocycles. The number of methoxy groups -OCH3 is 1. The SMILES string of the molecule is COc1ccc(C2NC(=O)N(Cc3nnn(C)c3C(F)F)C2=O)cc1F. The topological polar surface area (TPSA) is 89.3 Å². The van der Waals surface area contributed by atoms with Crippen molar-refractivity contribution in [1.82, 2.24) is 25.2 Å². The second-order valence-corrected chi connectivity index (χ2v) is 5.55. The zero-order valence-electron chi connectivity index (χ0n) is 13.7. The lowest BCUT2D eigenvalue weighted by atomic mass is 10.1. The van der Waals surface area contributed by atoms with Crippen LogP contribution in [-0.2, 0) is 18.4 Å². The zero-order chi connectivity index (χ0) is 19.0. The highest BCUT2D eigenvalue weighted by Crippen LogP contribution is 2.28. The third kappa shape index (κ3) is 2.95. The number of hydrogen-bond donors (Lipinski definition) is 1. The lowest BCUT2D eigenvalue weighted by Crippen LogP contribution is -2.31. The Bertz CT molecular complexity index is 870. The van der Waals surface area contributed by atoms with Gasteiger partial charge in [0.1, 0.15) is 17.4 Å². The molecule has 3 rings (SSSR count). The average Bonchev–Trinajstić information content (AvgIpc) is 3.09. The maximum Gasteiger partial charge on any atom is 0.325 e. The second-order valence-electron chi connectivity index (χ2n) is 5.55. The molecule has 3 amide bonds. The molecule has 1 fully saturated rings. The number of urea groups is 1. The van der Waals surface area contributed by atoms with E-state index in [1.54, 1.807) is 0 Å². The zero-order valence-corrected chi connectivity index (χ0v) is 13.7. The minimum absolute atomic E-state index is 0.0106. The average molecular weight is 369 g/mol. The third-order valence-corrected chi connectivity index (χ3v) is 3.99. The standard InChI is InChI=1S/C15H14F3N5O3/c1-22-12(13(17)18)9(20-21-22)6-23-14(24)11(19-15(23)25)7-3-4-10(26-2)8(16)5-7/h3-5,11,13H,6H2,1-2H3,(H,19,25). The summed E-state index contributed by atoms with van der Waals surface area (Å²) in [5.74, 6) is -1.41. The first-order valence-electron chi connectivity index (χ1n) is 7.45. The van der Waals surface area contributed by atoms with Crippen LogP contribution >= 0.6 is 0 Å². The number of carbonyl (C=O) groups is 2. The molecule has 1 atom stereocenters. The predicted molar refractivity (Wildman–Crippen MR) is 80.7 cm³/mol. The van der Waals surface area contributed by atoms with E-state index in [4.69, 9.17) is 4.74 Å². The number of amides is 3. The Balaban J connectivity index is 1.85. The molecule has 8 nitrogen and oxygen atoms in total. The van der Waals surface area contributed by atoms with Gasteiger partial charge in [-0.05, 0) is 17.7 Å². The summed E-state index contributed by atoms with van der Waals surface area (Å²) < 4.78 is 45.7. The maximum absolute atomic E-state index is 13.8. The van der Waals surface area contributed by atoms with Crippen LogP contribution in [0.1, 0.15) is 29.4 Å². The molecule has 1 aromatic heterocycles. The number of aromatic nitrogens is 3. The van der Waals surface area contributed by atoms with Crippen molar-refractivity contribution in [1.29, 1.82) is 0 Å². The number of alkyl halides is 2. The van der Waals surface area contributed by atoms with Gasteiger partial charge in [-0.25, -0.2) is 22.6 Å². The van der Waals surface area contributed by atoms with Gasteiger partial charge in [0, 0.05) is 7.05 Å². The number of benzene rings is 1. The number of nitrogens with zero attached hydrogens (tertiary/aromatic N) is 4. The van der Waals surface area contributed by atoms with Crippen molar-refractivity contribution in [3.05, 3.63) is 41.0 Å². The molecule has 1 aliphatic rings. The van der Waals surface area contributed by atoms with E-state index in [1.165, 1.54) is 26.3 Å². The summed E-state index contributed by atoms with van der Waals surface area (Å²) in [5, 5.41) is 9.48. The first-order chi connectivity index (χ1) is 12.3. The van der Waals surface area contributed by atoms with Crippen LogP contribution in [0.3, 0.4) is 0 Å². The Kier molecular flexibility index (Phi) is 4.53. The molecule has 1 unspecified atom stereocenters. The summed E-state index contributed by atoms with van der Waals surface area (Å²) in [7, 11) is 2.58. The molecular weight excluding hydrogens is 355 g/mol. The van der Waals surface area contributed by atoms with Crippen LogP contribution < -0.4 is 10.1 Å². The Hall–Kier alpha value is -3.11. The highest BCUT2D eigenvalue weighted by molar-refractivity contribution is 6.04. The van der Waals surface area contributed by atoms with Crippen molar-refractivity contribution in [2.24, 2.45) is 7.05 Å². The number of nitrogens with one attached hydrogen (secondary N) is 1. The van der Waals surface area contributed by atoms with E-state index in [0.717, 1.165) is 15.6 Å². The Labute approximate surface area is 145 Å². The number of carbonyl (C=O) groups excluding carboxylic acids is 2. The first kappa shape index (κ1) is 17.7. The molecule has 26 heavy (non-hydrogen) atoms. The molecule has 0 aliphatic carbocycles. The monoisotopic (exact) mass is 369 g/mol. The van der Waals surface area contributed by atoms with E-state index in [2.05, 4.69) is 15.6 Å². The van der Waals surface area contributed by atoms with Gasteiger partial charge in [0.05, 0.1) is 13.7 Å². The normalized spacial score (nSPS) is 17.2. The summed E-state index contributed by atoms with van der Waals surface area (Å²) in [4.78, 5) is 25.4. The number of rotatable bonds is 5. The van der Waals surface area contributed by atoms with Crippen molar-refractivity contribution in [3.63, 3.8) is 0 Å². The van der Waals surface area contributed by atoms with Gasteiger partial charge in [0.2, 0.25) is 0 Å². The molecule has 2 aromatic rings. The second kappa shape index (κ2) is 6.65.